The summed E-state index contributed by atoms with van der Waals surface area (Å²) in [5.41, 5.74) is 3.36. The Morgan fingerprint density at radius 3 is 2.83 bits per heavy atom. The van der Waals surface area contributed by atoms with Gasteiger partial charge in [-0.25, -0.2) is 18.2 Å². The molecule has 0 bridgehead atoms. The Morgan fingerprint density at radius 1 is 1.17 bits per heavy atom. The Balaban J connectivity index is 1.43. The summed E-state index contributed by atoms with van der Waals surface area (Å²) >= 11 is 0.976. The molecule has 0 spiro atoms. The van der Waals surface area contributed by atoms with Crippen LogP contribution in [0.15, 0.2) is 63.6 Å². The van der Waals surface area contributed by atoms with Gasteiger partial charge in [0.1, 0.15) is 9.77 Å². The van der Waals surface area contributed by atoms with Gasteiger partial charge in [-0.3, -0.25) is 14.1 Å². The molecule has 0 saturated carbocycles. The molecule has 2 N–H and O–H groups in total. The first kappa shape index (κ1) is 21.6. The number of sulfonamides is 1. The fourth-order valence-electron chi connectivity index (χ4n) is 4.52. The Hall–Kier alpha value is -3.96. The molecule has 5 aromatic rings. The van der Waals surface area contributed by atoms with Crippen LogP contribution in [0.1, 0.15) is 15.2 Å². The number of hydrogen-bond donors (Lipinski definition) is 2. The van der Waals surface area contributed by atoms with Crippen LogP contribution in [0.5, 0.6) is 0 Å². The number of hydrogen-bond acceptors (Lipinski definition) is 7. The van der Waals surface area contributed by atoms with Crippen molar-refractivity contribution < 1.29 is 17.9 Å². The van der Waals surface area contributed by atoms with E-state index in [1.165, 1.54) is 24.6 Å². The van der Waals surface area contributed by atoms with E-state index >= 15 is 0 Å². The number of aryl methyl sites for hydroxylation is 1. The Labute approximate surface area is 203 Å². The number of aromatic nitrogens is 3. The van der Waals surface area contributed by atoms with E-state index in [9.17, 15) is 18.0 Å². The molecular weight excluding hydrogens is 488 g/mol. The highest BCUT2D eigenvalue weighted by molar-refractivity contribution is 7.93. The predicted molar refractivity (Wildman–Crippen MR) is 133 cm³/mol. The molecule has 1 aliphatic rings. The summed E-state index contributed by atoms with van der Waals surface area (Å²) in [6.45, 7) is 0.472. The lowest BCUT2D eigenvalue weighted by Crippen LogP contribution is -2.27. The third-order valence-corrected chi connectivity index (χ3v) is 8.57. The lowest BCUT2D eigenvalue weighted by atomic mass is 10.0. The van der Waals surface area contributed by atoms with Crippen LogP contribution in [0.3, 0.4) is 0 Å². The fourth-order valence-corrected chi connectivity index (χ4v) is 6.90. The number of nitrogens with one attached hydrogen (secondary N) is 2. The van der Waals surface area contributed by atoms with Crippen molar-refractivity contribution in [1.82, 2.24) is 14.5 Å². The Bertz CT molecular complexity index is 1830. The number of rotatable bonds is 4. The third-order valence-electron chi connectivity index (χ3n) is 6.12. The monoisotopic (exact) mass is 506 g/mol. The van der Waals surface area contributed by atoms with E-state index in [4.69, 9.17) is 4.98 Å². The standard InChI is InChI=1S/C24H18N4O5S2/c1-33-24(30)21-19(9-11-34-21)35(31,32)27-13-6-7-18-16(12-13)23(29)28-10-8-15-14-4-2-3-5-17(14)25-20(15)22(28)26-18/h2-7,9,11-12,25,27H,8,10H2,1H3. The van der Waals surface area contributed by atoms with Gasteiger partial charge in [0.05, 0.1) is 23.7 Å². The minimum atomic E-state index is -4.08. The number of fused-ring (bicyclic) bond motifs is 6. The first-order valence-corrected chi connectivity index (χ1v) is 13.1. The zero-order valence-corrected chi connectivity index (χ0v) is 20.0. The second-order valence-electron chi connectivity index (χ2n) is 8.11. The van der Waals surface area contributed by atoms with Crippen LogP contribution in [0.25, 0.3) is 33.3 Å². The first-order valence-electron chi connectivity index (χ1n) is 10.7. The van der Waals surface area contributed by atoms with E-state index in [0.29, 0.717) is 29.7 Å². The van der Waals surface area contributed by atoms with Gasteiger partial charge in [0.15, 0.2) is 5.82 Å². The number of aromatic amines is 1. The van der Waals surface area contributed by atoms with Gasteiger partial charge in [-0.15, -0.1) is 11.3 Å². The number of anilines is 1. The molecule has 0 saturated heterocycles. The van der Waals surface area contributed by atoms with Gasteiger partial charge in [-0.1, -0.05) is 18.2 Å². The van der Waals surface area contributed by atoms with Crippen molar-refractivity contribution in [1.29, 1.82) is 0 Å². The second kappa shape index (κ2) is 7.79. The van der Waals surface area contributed by atoms with Crippen molar-refractivity contribution in [3.63, 3.8) is 0 Å². The average molecular weight is 507 g/mol. The van der Waals surface area contributed by atoms with Crippen LogP contribution >= 0.6 is 11.3 Å². The molecule has 3 aromatic heterocycles. The highest BCUT2D eigenvalue weighted by Crippen LogP contribution is 2.34. The molecule has 35 heavy (non-hydrogen) atoms. The zero-order chi connectivity index (χ0) is 24.3. The Kier molecular flexibility index (Phi) is 4.80. The van der Waals surface area contributed by atoms with Crippen molar-refractivity contribution in [3.8, 4) is 11.5 Å². The topological polar surface area (TPSA) is 123 Å². The van der Waals surface area contributed by atoms with Crippen LogP contribution in [-0.2, 0) is 27.7 Å². The highest BCUT2D eigenvalue weighted by Gasteiger charge is 2.26. The first-order chi connectivity index (χ1) is 16.9. The van der Waals surface area contributed by atoms with E-state index in [1.807, 2.05) is 18.2 Å². The van der Waals surface area contributed by atoms with Crippen LogP contribution < -0.4 is 10.3 Å². The second-order valence-corrected chi connectivity index (χ2v) is 10.7. The fraction of sp³-hybridized carbons (Fsp3) is 0.125. The number of esters is 1. The van der Waals surface area contributed by atoms with E-state index in [0.717, 1.165) is 33.5 Å². The smallest absolute Gasteiger partial charge is 0.349 e. The summed E-state index contributed by atoms with van der Waals surface area (Å²) in [6, 6.07) is 14.0. The molecule has 0 radical (unpaired) electrons. The van der Waals surface area contributed by atoms with Crippen molar-refractivity contribution in [2.24, 2.45) is 0 Å². The summed E-state index contributed by atoms with van der Waals surface area (Å²) < 4.78 is 34.7. The van der Waals surface area contributed by atoms with Crippen LogP contribution in [0, 0.1) is 0 Å². The number of methoxy groups -OCH3 is 1. The van der Waals surface area contributed by atoms with Crippen molar-refractivity contribution >= 4 is 54.8 Å². The Morgan fingerprint density at radius 2 is 2.00 bits per heavy atom. The highest BCUT2D eigenvalue weighted by atomic mass is 32.2. The number of carbonyl (C=O) groups is 1. The van der Waals surface area contributed by atoms with Crippen LogP contribution in [0.4, 0.5) is 5.69 Å². The summed E-state index contributed by atoms with van der Waals surface area (Å²) in [7, 11) is -2.89. The molecule has 0 fully saturated rings. The molecule has 9 nitrogen and oxygen atoms in total. The number of H-pyrrole nitrogens is 1. The summed E-state index contributed by atoms with van der Waals surface area (Å²) in [5.74, 6) is -0.168. The molecule has 0 unspecified atom stereocenters. The van der Waals surface area contributed by atoms with Gasteiger partial charge in [0.2, 0.25) is 0 Å². The summed E-state index contributed by atoms with van der Waals surface area (Å²) in [6.07, 6.45) is 0.681. The molecule has 176 valence electrons. The van der Waals surface area contributed by atoms with Gasteiger partial charge in [0, 0.05) is 23.1 Å². The third kappa shape index (κ3) is 3.34. The number of benzene rings is 2. The molecule has 0 aliphatic carbocycles. The van der Waals surface area contributed by atoms with Gasteiger partial charge in [0.25, 0.3) is 15.6 Å². The van der Waals surface area contributed by atoms with E-state index in [-0.39, 0.29) is 21.0 Å². The summed E-state index contributed by atoms with van der Waals surface area (Å²) in [4.78, 5) is 33.3. The largest absolute Gasteiger partial charge is 0.465 e. The molecular formula is C24H18N4O5S2. The molecule has 11 heteroatoms. The maximum absolute atomic E-state index is 13.4. The van der Waals surface area contributed by atoms with Gasteiger partial charge >= 0.3 is 5.97 Å². The van der Waals surface area contributed by atoms with Crippen molar-refractivity contribution in [2.45, 2.75) is 17.9 Å². The normalized spacial score (nSPS) is 12.9. The number of nitrogens with zero attached hydrogens (tertiary/aromatic N) is 2. The molecule has 0 amide bonds. The van der Waals surface area contributed by atoms with Gasteiger partial charge in [-0.05, 0) is 47.7 Å². The van der Waals surface area contributed by atoms with Crippen LogP contribution in [0.2, 0.25) is 0 Å². The van der Waals surface area contributed by atoms with Crippen LogP contribution in [-0.4, -0.2) is 36.0 Å². The zero-order valence-electron chi connectivity index (χ0n) is 18.4. The lowest BCUT2D eigenvalue weighted by Gasteiger charge is -2.19. The van der Waals surface area contributed by atoms with E-state index in [2.05, 4.69) is 20.5 Å². The minimum Gasteiger partial charge on any atom is -0.465 e. The summed E-state index contributed by atoms with van der Waals surface area (Å²) in [5, 5.41) is 2.92. The molecule has 1 aliphatic heterocycles. The lowest BCUT2D eigenvalue weighted by molar-refractivity contribution is 0.0602. The number of para-hydroxylation sites is 1. The van der Waals surface area contributed by atoms with Gasteiger partial charge < -0.3 is 9.72 Å². The quantitative estimate of drug-likeness (QED) is 0.358. The molecule has 2 aromatic carbocycles. The molecule has 0 atom stereocenters. The minimum absolute atomic E-state index is 0.0225. The predicted octanol–water partition coefficient (Wildman–Crippen LogP) is 3.75. The number of thiophene rings is 1. The number of carbonyl (C=O) groups excluding carboxylic acids is 1. The maximum atomic E-state index is 13.4. The molecule has 4 heterocycles. The van der Waals surface area contributed by atoms with Crippen molar-refractivity contribution in [3.05, 3.63) is 74.7 Å². The SMILES string of the molecule is COC(=O)c1sccc1S(=O)(=O)Nc1ccc2nc3n(c(=O)c2c1)CCc1c-3[nH]c2ccccc12. The van der Waals surface area contributed by atoms with E-state index < -0.39 is 16.0 Å². The molecule has 6 rings (SSSR count). The maximum Gasteiger partial charge on any atom is 0.349 e. The van der Waals surface area contributed by atoms with E-state index in [1.54, 1.807) is 16.7 Å². The van der Waals surface area contributed by atoms with Gasteiger partial charge in [-0.2, -0.15) is 0 Å². The van der Waals surface area contributed by atoms with Crippen molar-refractivity contribution in [2.75, 3.05) is 11.8 Å². The number of ether oxygens (including phenoxy) is 1. The average Bonchev–Trinajstić information content (AvgIpc) is 3.50.